The van der Waals surface area contributed by atoms with Crippen molar-refractivity contribution in [2.24, 2.45) is 0 Å². The summed E-state index contributed by atoms with van der Waals surface area (Å²) in [5, 5.41) is 12.7. The van der Waals surface area contributed by atoms with Crippen LogP contribution in [0.5, 0.6) is 0 Å². The second-order valence-electron chi connectivity index (χ2n) is 7.64. The van der Waals surface area contributed by atoms with Crippen molar-refractivity contribution in [3.05, 3.63) is 67.8 Å². The molecule has 0 bridgehead atoms. The van der Waals surface area contributed by atoms with E-state index in [1.807, 2.05) is 30.3 Å². The molecule has 1 N–H and O–H groups in total. The Labute approximate surface area is 188 Å². The normalized spacial score (nSPS) is 11.4. The van der Waals surface area contributed by atoms with E-state index in [1.165, 1.54) is 13.9 Å². The van der Waals surface area contributed by atoms with Gasteiger partial charge in [-0.25, -0.2) is 4.79 Å². The third-order valence-electron chi connectivity index (χ3n) is 5.26. The van der Waals surface area contributed by atoms with Gasteiger partial charge in [-0.2, -0.15) is 9.78 Å². The van der Waals surface area contributed by atoms with E-state index in [1.54, 1.807) is 0 Å². The SMILES string of the molecule is CCCCCn1c(=O)n(CCCn2nnc(Cc3ccccc3)n2)c(=O)c2[nH]c(Cl)nc21. The zero-order valence-electron chi connectivity index (χ0n) is 17.9. The van der Waals surface area contributed by atoms with Crippen LogP contribution in [0.3, 0.4) is 0 Å². The fraction of sp³-hybridized carbons (Fsp3) is 0.429. The van der Waals surface area contributed by atoms with Gasteiger partial charge in [0.15, 0.2) is 17.0 Å². The van der Waals surface area contributed by atoms with Gasteiger partial charge in [-0.1, -0.05) is 50.1 Å². The van der Waals surface area contributed by atoms with Gasteiger partial charge in [0.05, 0.1) is 6.54 Å². The average Bonchev–Trinajstić information content (AvgIpc) is 3.40. The maximum atomic E-state index is 13.0. The summed E-state index contributed by atoms with van der Waals surface area (Å²) in [6.07, 6.45) is 3.92. The highest BCUT2D eigenvalue weighted by Gasteiger charge is 2.16. The lowest BCUT2D eigenvalue weighted by Crippen LogP contribution is -2.40. The van der Waals surface area contributed by atoms with Crippen LogP contribution in [0.4, 0.5) is 0 Å². The first-order chi connectivity index (χ1) is 15.6. The third-order valence-corrected chi connectivity index (χ3v) is 5.44. The maximum absolute atomic E-state index is 13.0. The monoisotopic (exact) mass is 456 g/mol. The summed E-state index contributed by atoms with van der Waals surface area (Å²) in [6.45, 7) is 3.24. The van der Waals surface area contributed by atoms with Crippen molar-refractivity contribution in [2.75, 3.05) is 0 Å². The zero-order chi connectivity index (χ0) is 22.5. The van der Waals surface area contributed by atoms with Crippen molar-refractivity contribution in [1.82, 2.24) is 39.3 Å². The molecule has 4 aromatic rings. The Kier molecular flexibility index (Phi) is 6.79. The van der Waals surface area contributed by atoms with Crippen molar-refractivity contribution in [3.8, 4) is 0 Å². The number of aromatic amines is 1. The van der Waals surface area contributed by atoms with Crippen LogP contribution in [0, 0.1) is 0 Å². The van der Waals surface area contributed by atoms with Gasteiger partial charge in [0.25, 0.3) is 5.56 Å². The van der Waals surface area contributed by atoms with Gasteiger partial charge in [0.1, 0.15) is 0 Å². The predicted octanol–water partition coefficient (Wildman–Crippen LogP) is 2.40. The fourth-order valence-electron chi connectivity index (χ4n) is 3.65. The summed E-state index contributed by atoms with van der Waals surface area (Å²) < 4.78 is 2.76. The molecule has 0 saturated carbocycles. The summed E-state index contributed by atoms with van der Waals surface area (Å²) in [5.74, 6) is 0.625. The van der Waals surface area contributed by atoms with Gasteiger partial charge in [0, 0.05) is 19.5 Å². The number of nitrogens with one attached hydrogen (secondary N) is 1. The molecule has 0 unspecified atom stereocenters. The van der Waals surface area contributed by atoms with Crippen LogP contribution in [0.1, 0.15) is 44.0 Å². The number of fused-ring (bicyclic) bond motifs is 1. The molecule has 0 amide bonds. The Bertz CT molecular complexity index is 1310. The van der Waals surface area contributed by atoms with Gasteiger partial charge in [0.2, 0.25) is 5.28 Å². The molecule has 0 aliphatic carbocycles. The fourth-order valence-corrected chi connectivity index (χ4v) is 3.82. The highest BCUT2D eigenvalue weighted by molar-refractivity contribution is 6.28. The van der Waals surface area contributed by atoms with Gasteiger partial charge in [-0.15, -0.1) is 10.2 Å². The first-order valence-corrected chi connectivity index (χ1v) is 11.1. The van der Waals surface area contributed by atoms with Crippen molar-refractivity contribution in [2.45, 2.75) is 58.7 Å². The van der Waals surface area contributed by atoms with E-state index in [-0.39, 0.29) is 23.0 Å². The molecule has 0 aliphatic rings. The molecule has 3 heterocycles. The van der Waals surface area contributed by atoms with Crippen molar-refractivity contribution < 1.29 is 0 Å². The highest BCUT2D eigenvalue weighted by atomic mass is 35.5. The van der Waals surface area contributed by atoms with Crippen LogP contribution in [-0.4, -0.2) is 39.3 Å². The lowest BCUT2D eigenvalue weighted by molar-refractivity contribution is 0.451. The summed E-state index contributed by atoms with van der Waals surface area (Å²) in [4.78, 5) is 34.3. The minimum Gasteiger partial charge on any atom is -0.323 e. The van der Waals surface area contributed by atoms with Gasteiger partial charge >= 0.3 is 5.69 Å². The number of H-pyrrole nitrogens is 1. The van der Waals surface area contributed by atoms with Crippen LogP contribution in [0.25, 0.3) is 11.2 Å². The van der Waals surface area contributed by atoms with Crippen LogP contribution in [-0.2, 0) is 26.1 Å². The second kappa shape index (κ2) is 9.90. The molecule has 3 aromatic heterocycles. The summed E-state index contributed by atoms with van der Waals surface area (Å²) in [6, 6.07) is 9.92. The molecule has 0 spiro atoms. The van der Waals surface area contributed by atoms with Crippen molar-refractivity contribution >= 4 is 22.8 Å². The van der Waals surface area contributed by atoms with E-state index in [4.69, 9.17) is 11.6 Å². The molecular weight excluding hydrogens is 432 g/mol. The van der Waals surface area contributed by atoms with Gasteiger partial charge in [-0.05, 0) is 35.2 Å². The number of aromatic nitrogens is 8. The molecule has 0 fully saturated rings. The van der Waals surface area contributed by atoms with E-state index >= 15 is 0 Å². The third kappa shape index (κ3) is 4.80. The Morgan fingerprint density at radius 2 is 1.78 bits per heavy atom. The Morgan fingerprint density at radius 1 is 1.00 bits per heavy atom. The molecule has 0 radical (unpaired) electrons. The number of halogens is 1. The van der Waals surface area contributed by atoms with Crippen LogP contribution in [0.15, 0.2) is 39.9 Å². The maximum Gasteiger partial charge on any atom is 0.332 e. The van der Waals surface area contributed by atoms with Crippen molar-refractivity contribution in [3.63, 3.8) is 0 Å². The minimum atomic E-state index is -0.424. The second-order valence-corrected chi connectivity index (χ2v) is 8.00. The van der Waals surface area contributed by atoms with Crippen LogP contribution < -0.4 is 11.2 Å². The number of benzene rings is 1. The van der Waals surface area contributed by atoms with Crippen LogP contribution >= 0.6 is 11.6 Å². The highest BCUT2D eigenvalue weighted by Crippen LogP contribution is 2.11. The largest absolute Gasteiger partial charge is 0.332 e. The van der Waals surface area contributed by atoms with Crippen LogP contribution in [0.2, 0.25) is 5.28 Å². The molecule has 4 rings (SSSR count). The number of hydrogen-bond donors (Lipinski definition) is 1. The number of aryl methyl sites for hydroxylation is 2. The number of tetrazole rings is 1. The molecule has 32 heavy (non-hydrogen) atoms. The van der Waals surface area contributed by atoms with E-state index in [0.717, 1.165) is 24.8 Å². The standard InChI is InChI=1S/C21H25ClN8O2/c1-2-3-7-11-28-18-17(23-20(22)24-18)19(31)29(21(28)32)12-8-13-30-26-16(25-27-30)14-15-9-5-4-6-10-15/h4-6,9-10H,2-3,7-8,11-14H2,1H3,(H,23,24). The molecule has 0 atom stereocenters. The quantitative estimate of drug-likeness (QED) is 0.289. The summed E-state index contributed by atoms with van der Waals surface area (Å²) in [7, 11) is 0. The number of nitrogens with zero attached hydrogens (tertiary/aromatic N) is 7. The number of hydrogen-bond acceptors (Lipinski definition) is 6. The zero-order valence-corrected chi connectivity index (χ0v) is 18.6. The minimum absolute atomic E-state index is 0.0938. The lowest BCUT2D eigenvalue weighted by Gasteiger charge is -2.11. The Hall–Kier alpha value is -3.27. The summed E-state index contributed by atoms with van der Waals surface area (Å²) >= 11 is 5.98. The lowest BCUT2D eigenvalue weighted by atomic mass is 10.1. The van der Waals surface area contributed by atoms with E-state index in [2.05, 4.69) is 32.3 Å². The molecule has 11 heteroatoms. The topological polar surface area (TPSA) is 116 Å². The number of rotatable bonds is 10. The molecular formula is C21H25ClN8O2. The first-order valence-electron chi connectivity index (χ1n) is 10.8. The molecule has 10 nitrogen and oxygen atoms in total. The molecule has 0 aliphatic heterocycles. The Balaban J connectivity index is 1.48. The molecule has 168 valence electrons. The number of imidazole rings is 1. The predicted molar refractivity (Wildman–Crippen MR) is 121 cm³/mol. The van der Waals surface area contributed by atoms with Gasteiger partial charge < -0.3 is 4.98 Å². The van der Waals surface area contributed by atoms with Crippen molar-refractivity contribution in [1.29, 1.82) is 0 Å². The average molecular weight is 457 g/mol. The Morgan fingerprint density at radius 3 is 2.56 bits per heavy atom. The molecule has 1 aromatic carbocycles. The smallest absolute Gasteiger partial charge is 0.323 e. The van der Waals surface area contributed by atoms with E-state index in [0.29, 0.717) is 37.4 Å². The number of unbranched alkanes of at least 4 members (excludes halogenated alkanes) is 2. The van der Waals surface area contributed by atoms with E-state index < -0.39 is 5.56 Å². The summed E-state index contributed by atoms with van der Waals surface area (Å²) in [5.41, 5.74) is 0.857. The first kappa shape index (κ1) is 21.9. The van der Waals surface area contributed by atoms with E-state index in [9.17, 15) is 9.59 Å². The van der Waals surface area contributed by atoms with Gasteiger partial charge in [-0.3, -0.25) is 13.9 Å². The molecule has 0 saturated heterocycles.